The van der Waals surface area contributed by atoms with E-state index >= 15 is 0 Å². The summed E-state index contributed by atoms with van der Waals surface area (Å²) in [4.78, 5) is 12.3. The minimum Gasteiger partial charge on any atom is -0.349 e. The molecule has 0 spiro atoms. The van der Waals surface area contributed by atoms with Crippen LogP contribution in [0.5, 0.6) is 0 Å². The molecule has 1 aliphatic heterocycles. The number of nitrogens with one attached hydrogen (secondary N) is 1. The SMILES string of the molecule is CCCS(=O)(=O)N1CCC(NC(=O)c2ccc(F)cc2I)CC1. The first-order chi connectivity index (χ1) is 10.8. The third-order valence-corrected chi connectivity index (χ3v) is 6.79. The predicted molar refractivity (Wildman–Crippen MR) is 95.3 cm³/mol. The van der Waals surface area contributed by atoms with Crippen LogP contribution in [-0.4, -0.2) is 43.5 Å². The number of amides is 1. The second-order valence-corrected chi connectivity index (χ2v) is 8.84. The Morgan fingerprint density at radius 2 is 2.04 bits per heavy atom. The van der Waals surface area contributed by atoms with Gasteiger partial charge in [-0.15, -0.1) is 0 Å². The van der Waals surface area contributed by atoms with Crippen LogP contribution in [0, 0.1) is 9.39 Å². The van der Waals surface area contributed by atoms with Crippen LogP contribution < -0.4 is 5.32 Å². The van der Waals surface area contributed by atoms with Crippen molar-refractivity contribution in [2.75, 3.05) is 18.8 Å². The quantitative estimate of drug-likeness (QED) is 0.695. The summed E-state index contributed by atoms with van der Waals surface area (Å²) in [6.45, 7) is 2.69. The minimum absolute atomic E-state index is 0.0589. The lowest BCUT2D eigenvalue weighted by atomic mass is 10.1. The van der Waals surface area contributed by atoms with Gasteiger partial charge in [0.2, 0.25) is 10.0 Å². The van der Waals surface area contributed by atoms with Crippen LogP contribution in [0.1, 0.15) is 36.5 Å². The van der Waals surface area contributed by atoms with Gasteiger partial charge in [0.25, 0.3) is 5.91 Å². The van der Waals surface area contributed by atoms with Crippen molar-refractivity contribution in [2.24, 2.45) is 0 Å². The number of halogens is 2. The number of hydrogen-bond donors (Lipinski definition) is 1. The zero-order chi connectivity index (χ0) is 17.0. The first-order valence-corrected chi connectivity index (χ1v) is 10.3. The smallest absolute Gasteiger partial charge is 0.252 e. The summed E-state index contributed by atoms with van der Waals surface area (Å²) >= 11 is 1.93. The fourth-order valence-corrected chi connectivity index (χ4v) is 4.87. The molecule has 1 aromatic rings. The van der Waals surface area contributed by atoms with E-state index in [0.717, 1.165) is 0 Å². The molecule has 128 valence electrons. The van der Waals surface area contributed by atoms with Crippen molar-refractivity contribution in [2.45, 2.75) is 32.2 Å². The van der Waals surface area contributed by atoms with E-state index in [4.69, 9.17) is 0 Å². The molecule has 1 aromatic carbocycles. The van der Waals surface area contributed by atoms with Crippen LogP contribution in [0.4, 0.5) is 4.39 Å². The number of piperidine rings is 1. The summed E-state index contributed by atoms with van der Waals surface area (Å²) in [7, 11) is -3.17. The lowest BCUT2D eigenvalue weighted by Gasteiger charge is -2.31. The molecule has 1 N–H and O–H groups in total. The highest BCUT2D eigenvalue weighted by molar-refractivity contribution is 14.1. The lowest BCUT2D eigenvalue weighted by Crippen LogP contribution is -2.47. The standard InChI is InChI=1S/C15H20FIN2O3S/c1-2-9-23(21,22)19-7-5-12(6-8-19)18-15(20)13-4-3-11(16)10-14(13)17/h3-4,10,12H,2,5-9H2,1H3,(H,18,20). The molecular weight excluding hydrogens is 434 g/mol. The van der Waals surface area contributed by atoms with Gasteiger partial charge in [0.1, 0.15) is 5.82 Å². The Balaban J connectivity index is 1.92. The van der Waals surface area contributed by atoms with Crippen molar-refractivity contribution in [3.8, 4) is 0 Å². The van der Waals surface area contributed by atoms with Gasteiger partial charge >= 0.3 is 0 Å². The summed E-state index contributed by atoms with van der Waals surface area (Å²) in [5.74, 6) is -0.456. The first kappa shape index (κ1) is 18.6. The van der Waals surface area contributed by atoms with E-state index in [9.17, 15) is 17.6 Å². The van der Waals surface area contributed by atoms with Gasteiger partial charge in [-0.05, 0) is 60.1 Å². The van der Waals surface area contributed by atoms with Gasteiger partial charge in [-0.1, -0.05) is 6.92 Å². The normalized spacial score (nSPS) is 17.2. The van der Waals surface area contributed by atoms with Crippen LogP contribution in [0.25, 0.3) is 0 Å². The van der Waals surface area contributed by atoms with Crippen LogP contribution in [0.2, 0.25) is 0 Å². The fraction of sp³-hybridized carbons (Fsp3) is 0.533. The molecule has 0 atom stereocenters. The zero-order valence-corrected chi connectivity index (χ0v) is 15.9. The number of benzene rings is 1. The number of carbonyl (C=O) groups excluding carboxylic acids is 1. The monoisotopic (exact) mass is 454 g/mol. The Morgan fingerprint density at radius 1 is 1.39 bits per heavy atom. The molecule has 8 heteroatoms. The molecule has 23 heavy (non-hydrogen) atoms. The maximum absolute atomic E-state index is 13.1. The van der Waals surface area contributed by atoms with Crippen molar-refractivity contribution in [3.05, 3.63) is 33.1 Å². The number of hydrogen-bond acceptors (Lipinski definition) is 3. The van der Waals surface area contributed by atoms with Crippen LogP contribution in [0.15, 0.2) is 18.2 Å². The van der Waals surface area contributed by atoms with Crippen molar-refractivity contribution in [1.29, 1.82) is 0 Å². The summed E-state index contributed by atoms with van der Waals surface area (Å²) in [6, 6.07) is 3.98. The maximum atomic E-state index is 13.1. The van der Waals surface area contributed by atoms with E-state index in [0.29, 0.717) is 41.5 Å². The molecule has 1 saturated heterocycles. The molecule has 1 fully saturated rings. The fourth-order valence-electron chi connectivity index (χ4n) is 2.60. The number of rotatable bonds is 5. The topological polar surface area (TPSA) is 66.5 Å². The third kappa shape index (κ3) is 4.87. The Hall–Kier alpha value is -0.740. The zero-order valence-electron chi connectivity index (χ0n) is 12.9. The highest BCUT2D eigenvalue weighted by Gasteiger charge is 2.28. The molecular formula is C15H20FIN2O3S. The van der Waals surface area contributed by atoms with Gasteiger partial charge in [-0.2, -0.15) is 0 Å². The summed E-state index contributed by atoms with van der Waals surface area (Å²) in [5, 5.41) is 2.91. The molecule has 0 aliphatic carbocycles. The van der Waals surface area contributed by atoms with Crippen molar-refractivity contribution >= 4 is 38.5 Å². The molecule has 0 unspecified atom stereocenters. The van der Waals surface area contributed by atoms with Crippen molar-refractivity contribution in [3.63, 3.8) is 0 Å². The highest BCUT2D eigenvalue weighted by atomic mass is 127. The highest BCUT2D eigenvalue weighted by Crippen LogP contribution is 2.18. The van der Waals surface area contributed by atoms with Gasteiger partial charge in [-0.25, -0.2) is 17.1 Å². The molecule has 0 saturated carbocycles. The summed E-state index contributed by atoms with van der Waals surface area (Å²) in [5.41, 5.74) is 0.438. The van der Waals surface area contributed by atoms with E-state index in [-0.39, 0.29) is 23.5 Å². The van der Waals surface area contributed by atoms with Crippen LogP contribution in [-0.2, 0) is 10.0 Å². The molecule has 1 aliphatic rings. The molecule has 2 rings (SSSR count). The number of sulfonamides is 1. The van der Waals surface area contributed by atoms with E-state index in [1.165, 1.54) is 22.5 Å². The molecule has 0 aromatic heterocycles. The Morgan fingerprint density at radius 3 is 2.61 bits per heavy atom. The lowest BCUT2D eigenvalue weighted by molar-refractivity contribution is 0.0923. The van der Waals surface area contributed by atoms with Gasteiger partial charge in [0.05, 0.1) is 11.3 Å². The van der Waals surface area contributed by atoms with Gasteiger partial charge in [0, 0.05) is 22.7 Å². The van der Waals surface area contributed by atoms with E-state index in [1.54, 1.807) is 0 Å². The van der Waals surface area contributed by atoms with E-state index in [1.807, 2.05) is 29.5 Å². The second kappa shape index (κ2) is 7.89. The van der Waals surface area contributed by atoms with Gasteiger partial charge in [0.15, 0.2) is 0 Å². The first-order valence-electron chi connectivity index (χ1n) is 7.57. The third-order valence-electron chi connectivity index (χ3n) is 3.82. The largest absolute Gasteiger partial charge is 0.349 e. The Bertz CT molecular complexity index is 673. The summed E-state index contributed by atoms with van der Waals surface area (Å²) in [6.07, 6.45) is 1.78. The number of carbonyl (C=O) groups is 1. The van der Waals surface area contributed by atoms with Crippen molar-refractivity contribution in [1.82, 2.24) is 9.62 Å². The molecule has 1 heterocycles. The van der Waals surface area contributed by atoms with E-state index in [2.05, 4.69) is 5.32 Å². The van der Waals surface area contributed by atoms with Gasteiger partial charge in [-0.3, -0.25) is 4.79 Å². The van der Waals surface area contributed by atoms with Crippen LogP contribution >= 0.6 is 22.6 Å². The van der Waals surface area contributed by atoms with Crippen molar-refractivity contribution < 1.29 is 17.6 Å². The minimum atomic E-state index is -3.17. The average molecular weight is 454 g/mol. The Labute approximate surface area is 149 Å². The summed E-state index contributed by atoms with van der Waals surface area (Å²) < 4.78 is 39.2. The molecule has 1 amide bonds. The second-order valence-electron chi connectivity index (χ2n) is 5.59. The average Bonchev–Trinajstić information content (AvgIpc) is 2.47. The Kier molecular flexibility index (Phi) is 6.38. The maximum Gasteiger partial charge on any atom is 0.252 e. The molecule has 0 bridgehead atoms. The van der Waals surface area contributed by atoms with Gasteiger partial charge < -0.3 is 5.32 Å². The molecule has 5 nitrogen and oxygen atoms in total. The predicted octanol–water partition coefficient (Wildman–Crippen LogP) is 2.36. The van der Waals surface area contributed by atoms with Crippen LogP contribution in [0.3, 0.4) is 0 Å². The number of nitrogens with zero attached hydrogens (tertiary/aromatic N) is 1. The molecule has 0 radical (unpaired) electrons. The van der Waals surface area contributed by atoms with E-state index < -0.39 is 10.0 Å².